The summed E-state index contributed by atoms with van der Waals surface area (Å²) in [5.74, 6) is -7.58. The third-order valence-corrected chi connectivity index (χ3v) is 12.0. The van der Waals surface area contributed by atoms with E-state index in [1.54, 1.807) is 0 Å². The lowest BCUT2D eigenvalue weighted by atomic mass is 9.73. The van der Waals surface area contributed by atoms with E-state index in [-0.39, 0.29) is 65.2 Å². The number of hydrogen-bond donors (Lipinski definition) is 5. The molecule has 234 valence electrons. The van der Waals surface area contributed by atoms with Crippen molar-refractivity contribution in [2.45, 2.75) is 67.0 Å². The molecule has 0 aliphatic heterocycles. The molecule has 0 saturated heterocycles. The molecule has 8 atom stereocenters. The highest BCUT2D eigenvalue weighted by Crippen LogP contribution is 2.54. The van der Waals surface area contributed by atoms with Crippen molar-refractivity contribution in [3.05, 3.63) is 58.4 Å². The van der Waals surface area contributed by atoms with Crippen molar-refractivity contribution in [1.82, 2.24) is 5.32 Å². The molecule has 2 aromatic carbocycles. The van der Waals surface area contributed by atoms with E-state index < -0.39 is 74.0 Å². The van der Waals surface area contributed by atoms with Gasteiger partial charge in [0.1, 0.15) is 0 Å². The Labute approximate surface area is 251 Å². The molecule has 9 nitrogen and oxygen atoms in total. The molecule has 3 fully saturated rings. The number of anilines is 1. The van der Waals surface area contributed by atoms with Gasteiger partial charge in [0, 0.05) is 35.8 Å². The summed E-state index contributed by atoms with van der Waals surface area (Å²) >= 11 is 6.28. The summed E-state index contributed by atoms with van der Waals surface area (Å²) < 4.78 is 68.2. The first-order chi connectivity index (χ1) is 20.1. The Kier molecular flexibility index (Phi) is 8.60. The second-order valence-corrected chi connectivity index (χ2v) is 14.6. The zero-order valence-electron chi connectivity index (χ0n) is 23.1. The van der Waals surface area contributed by atoms with Crippen LogP contribution in [0.4, 0.5) is 18.9 Å². The van der Waals surface area contributed by atoms with Gasteiger partial charge in [0.2, 0.25) is 5.91 Å². The maximum absolute atomic E-state index is 13.9. The number of halogens is 4. The van der Waals surface area contributed by atoms with Gasteiger partial charge in [-0.25, -0.2) is 21.6 Å². The smallest absolute Gasteiger partial charge is 0.255 e. The molecule has 4 unspecified atom stereocenters. The third kappa shape index (κ3) is 5.89. The van der Waals surface area contributed by atoms with Crippen LogP contribution in [-0.4, -0.2) is 65.2 Å². The van der Waals surface area contributed by atoms with Gasteiger partial charge < -0.3 is 26.0 Å². The SMILES string of the molecule is C[C@H]1CC2CC(S(=O)(=O)c3cc(C(=O)Nc4cc(F)c(F)c(F)c4)ccc3Cl)CC1[C@@]2(O)CNC(=O)C1C[C@@H](O)[C@@H](O)C1. The largest absolute Gasteiger partial charge is 0.390 e. The first-order valence-electron chi connectivity index (χ1n) is 14.0. The number of amides is 2. The molecule has 2 aromatic rings. The number of nitrogens with one attached hydrogen (secondary N) is 2. The second-order valence-electron chi connectivity index (χ2n) is 12.0. The summed E-state index contributed by atoms with van der Waals surface area (Å²) in [6, 6.07) is 4.71. The first-order valence-corrected chi connectivity index (χ1v) is 15.9. The van der Waals surface area contributed by atoms with Gasteiger partial charge in [-0.2, -0.15) is 0 Å². The summed E-state index contributed by atoms with van der Waals surface area (Å²) in [5.41, 5.74) is -1.89. The third-order valence-electron chi connectivity index (χ3n) is 9.35. The first kappa shape index (κ1) is 31.7. The molecule has 0 spiro atoms. The van der Waals surface area contributed by atoms with Crippen molar-refractivity contribution in [2.24, 2.45) is 23.7 Å². The Balaban J connectivity index is 1.32. The van der Waals surface area contributed by atoms with E-state index in [2.05, 4.69) is 10.6 Å². The number of aliphatic hydroxyl groups is 3. The van der Waals surface area contributed by atoms with Crippen LogP contribution in [0.5, 0.6) is 0 Å². The van der Waals surface area contributed by atoms with Gasteiger partial charge in [-0.05, 0) is 68.1 Å². The lowest BCUT2D eigenvalue weighted by Crippen LogP contribution is -2.55. The van der Waals surface area contributed by atoms with Crippen molar-refractivity contribution in [2.75, 3.05) is 11.9 Å². The maximum Gasteiger partial charge on any atom is 0.255 e. The molecule has 2 amide bonds. The van der Waals surface area contributed by atoms with E-state index in [4.69, 9.17) is 11.6 Å². The average Bonchev–Trinajstić information content (AvgIpc) is 3.31. The fraction of sp³-hybridized carbons (Fsp3) is 0.517. The second kappa shape index (κ2) is 11.7. The zero-order chi connectivity index (χ0) is 31.4. The number of aliphatic hydroxyl groups excluding tert-OH is 2. The quantitative estimate of drug-likeness (QED) is 0.290. The van der Waals surface area contributed by atoms with Crippen LogP contribution in [0.1, 0.15) is 49.4 Å². The number of hydrogen-bond acceptors (Lipinski definition) is 7. The van der Waals surface area contributed by atoms with E-state index >= 15 is 0 Å². The summed E-state index contributed by atoms with van der Waals surface area (Å²) in [6.45, 7) is 1.82. The van der Waals surface area contributed by atoms with E-state index in [1.165, 1.54) is 12.1 Å². The van der Waals surface area contributed by atoms with Gasteiger partial charge in [-0.3, -0.25) is 9.59 Å². The Bertz CT molecular complexity index is 1530. The minimum absolute atomic E-state index is 0.0497. The van der Waals surface area contributed by atoms with Gasteiger partial charge in [0.25, 0.3) is 5.91 Å². The molecule has 0 heterocycles. The Morgan fingerprint density at radius 1 is 1.00 bits per heavy atom. The molecule has 0 radical (unpaired) electrons. The molecule has 2 bridgehead atoms. The lowest BCUT2D eigenvalue weighted by Gasteiger charge is -2.43. The van der Waals surface area contributed by atoms with Crippen molar-refractivity contribution in [1.29, 1.82) is 0 Å². The van der Waals surface area contributed by atoms with Crippen LogP contribution < -0.4 is 10.6 Å². The molecular formula is C29H32ClF3N2O7S. The minimum atomic E-state index is -4.13. The Hall–Kier alpha value is -2.71. The summed E-state index contributed by atoms with van der Waals surface area (Å²) in [7, 11) is -4.13. The molecule has 14 heteroatoms. The topological polar surface area (TPSA) is 153 Å². The number of rotatable bonds is 7. The van der Waals surface area contributed by atoms with Gasteiger partial charge in [0.15, 0.2) is 27.3 Å². The van der Waals surface area contributed by atoms with Gasteiger partial charge in [-0.15, -0.1) is 0 Å². The molecule has 5 N–H and O–H groups in total. The van der Waals surface area contributed by atoms with Crippen LogP contribution >= 0.6 is 11.6 Å². The lowest BCUT2D eigenvalue weighted by molar-refractivity contribution is -0.128. The fourth-order valence-corrected chi connectivity index (χ4v) is 9.41. The van der Waals surface area contributed by atoms with Crippen LogP contribution in [0.25, 0.3) is 0 Å². The highest BCUT2D eigenvalue weighted by molar-refractivity contribution is 7.92. The van der Waals surface area contributed by atoms with Crippen LogP contribution in [-0.2, 0) is 14.6 Å². The highest BCUT2D eigenvalue weighted by Gasteiger charge is 2.58. The van der Waals surface area contributed by atoms with Crippen LogP contribution in [0.3, 0.4) is 0 Å². The van der Waals surface area contributed by atoms with Crippen LogP contribution in [0.15, 0.2) is 35.2 Å². The van der Waals surface area contributed by atoms with Crippen molar-refractivity contribution < 1.29 is 46.5 Å². The number of carbonyl (C=O) groups is 2. The zero-order valence-corrected chi connectivity index (χ0v) is 24.6. The maximum atomic E-state index is 13.9. The molecule has 43 heavy (non-hydrogen) atoms. The summed E-state index contributed by atoms with van der Waals surface area (Å²) in [4.78, 5) is 25.2. The predicted octanol–water partition coefficient (Wildman–Crippen LogP) is 3.20. The number of fused-ring (bicyclic) bond motifs is 2. The molecule has 0 aromatic heterocycles. The van der Waals surface area contributed by atoms with E-state index in [0.717, 1.165) is 6.07 Å². The molecule has 3 aliphatic rings. The number of sulfone groups is 1. The van der Waals surface area contributed by atoms with Gasteiger partial charge in [-0.1, -0.05) is 18.5 Å². The standard InChI is InChI=1S/C29H32ClF3N2O7S/c1-13-4-16-8-18(11-19(13)29(16,40)12-34-27(38)15-5-23(36)24(37)6-15)43(41,42)25-7-14(2-3-20(25)30)28(39)35-17-9-21(31)26(33)22(32)10-17/h2-3,7,9-10,13,15-16,18-19,23-24,36-37,40H,4-6,8,11-12H2,1H3,(H,34,38)(H,35,39)/t13-,15?,16?,18?,19?,23-,24+,29+/m0/s1. The molecule has 5 rings (SSSR count). The highest BCUT2D eigenvalue weighted by atomic mass is 35.5. The fourth-order valence-electron chi connectivity index (χ4n) is 7.03. The van der Waals surface area contributed by atoms with E-state index in [1.807, 2.05) is 6.92 Å². The monoisotopic (exact) mass is 644 g/mol. The van der Waals surface area contributed by atoms with Crippen molar-refractivity contribution in [3.8, 4) is 0 Å². The summed E-state index contributed by atoms with van der Waals surface area (Å²) in [6.07, 6.45) is -1.05. The Morgan fingerprint density at radius 2 is 1.63 bits per heavy atom. The molecule has 3 saturated carbocycles. The Morgan fingerprint density at radius 3 is 2.23 bits per heavy atom. The van der Waals surface area contributed by atoms with E-state index in [0.29, 0.717) is 18.6 Å². The van der Waals surface area contributed by atoms with Crippen molar-refractivity contribution in [3.63, 3.8) is 0 Å². The normalized spacial score (nSPS) is 32.0. The van der Waals surface area contributed by atoms with Gasteiger partial charge in [0.05, 0.1) is 33.0 Å². The number of carbonyl (C=O) groups excluding carboxylic acids is 2. The average molecular weight is 645 g/mol. The van der Waals surface area contributed by atoms with Gasteiger partial charge >= 0.3 is 0 Å². The van der Waals surface area contributed by atoms with Crippen LogP contribution in [0, 0.1) is 41.1 Å². The van der Waals surface area contributed by atoms with Crippen molar-refractivity contribution >= 4 is 38.9 Å². The minimum Gasteiger partial charge on any atom is -0.390 e. The summed E-state index contributed by atoms with van der Waals surface area (Å²) in [5, 5.41) is 35.1. The predicted molar refractivity (Wildman–Crippen MR) is 149 cm³/mol. The molecule has 3 aliphatic carbocycles. The van der Waals surface area contributed by atoms with Crippen LogP contribution in [0.2, 0.25) is 5.02 Å². The molecular weight excluding hydrogens is 613 g/mol. The number of benzene rings is 2. The van der Waals surface area contributed by atoms with E-state index in [9.17, 15) is 46.5 Å².